The zero-order chi connectivity index (χ0) is 12.4. The van der Waals surface area contributed by atoms with Gasteiger partial charge >= 0.3 is 5.97 Å². The minimum absolute atomic E-state index is 0.303. The van der Waals surface area contributed by atoms with Crippen molar-refractivity contribution in [3.8, 4) is 0 Å². The van der Waals surface area contributed by atoms with Gasteiger partial charge in [-0.15, -0.1) is 0 Å². The van der Waals surface area contributed by atoms with Crippen LogP contribution >= 0.6 is 0 Å². The fourth-order valence-corrected chi connectivity index (χ4v) is 2.15. The molecular weight excluding hydrogens is 218 g/mol. The standard InChI is InChI=1S/C13H17NO3/c1-2-12(15)8-14-6-10-4-3-9(13(16)17)5-11(10)7-14/h3-5,12,15H,2,6-8H2,1H3,(H,16,17). The van der Waals surface area contributed by atoms with Gasteiger partial charge in [0.05, 0.1) is 11.7 Å². The summed E-state index contributed by atoms with van der Waals surface area (Å²) in [5.74, 6) is -0.889. The molecule has 1 heterocycles. The van der Waals surface area contributed by atoms with Crippen molar-refractivity contribution in [1.82, 2.24) is 4.90 Å². The largest absolute Gasteiger partial charge is 0.478 e. The van der Waals surface area contributed by atoms with Gasteiger partial charge in [-0.25, -0.2) is 4.79 Å². The summed E-state index contributed by atoms with van der Waals surface area (Å²) in [4.78, 5) is 13.0. The maximum atomic E-state index is 10.9. The minimum atomic E-state index is -0.889. The van der Waals surface area contributed by atoms with Crippen molar-refractivity contribution in [3.63, 3.8) is 0 Å². The van der Waals surface area contributed by atoms with E-state index in [0.29, 0.717) is 12.1 Å². The number of carboxylic acids is 1. The number of aliphatic hydroxyl groups excluding tert-OH is 1. The maximum absolute atomic E-state index is 10.9. The lowest BCUT2D eigenvalue weighted by Crippen LogP contribution is -2.27. The van der Waals surface area contributed by atoms with E-state index in [1.807, 2.05) is 13.0 Å². The molecule has 0 aromatic heterocycles. The molecule has 17 heavy (non-hydrogen) atoms. The highest BCUT2D eigenvalue weighted by Crippen LogP contribution is 2.24. The summed E-state index contributed by atoms with van der Waals surface area (Å²) in [5, 5.41) is 18.5. The maximum Gasteiger partial charge on any atom is 0.335 e. The molecule has 0 saturated heterocycles. The topological polar surface area (TPSA) is 60.8 Å². The highest BCUT2D eigenvalue weighted by Gasteiger charge is 2.21. The van der Waals surface area contributed by atoms with Crippen LogP contribution in [0.2, 0.25) is 0 Å². The van der Waals surface area contributed by atoms with Crippen molar-refractivity contribution in [1.29, 1.82) is 0 Å². The fourth-order valence-electron chi connectivity index (χ4n) is 2.15. The van der Waals surface area contributed by atoms with Crippen molar-refractivity contribution in [3.05, 3.63) is 34.9 Å². The molecule has 0 radical (unpaired) electrons. The van der Waals surface area contributed by atoms with E-state index in [9.17, 15) is 9.90 Å². The molecule has 0 amide bonds. The van der Waals surface area contributed by atoms with Crippen molar-refractivity contribution in [2.45, 2.75) is 32.5 Å². The molecule has 0 aliphatic carbocycles. The van der Waals surface area contributed by atoms with E-state index in [2.05, 4.69) is 4.90 Å². The third-order valence-electron chi connectivity index (χ3n) is 3.18. The lowest BCUT2D eigenvalue weighted by molar-refractivity contribution is 0.0696. The first-order chi connectivity index (χ1) is 8.10. The molecule has 0 spiro atoms. The Morgan fingerprint density at radius 3 is 2.76 bits per heavy atom. The number of nitrogens with zero attached hydrogens (tertiary/aromatic N) is 1. The molecule has 0 saturated carbocycles. The van der Waals surface area contributed by atoms with E-state index < -0.39 is 5.97 Å². The summed E-state index contributed by atoms with van der Waals surface area (Å²) in [6, 6.07) is 5.24. The number of carboxylic acid groups (broad SMARTS) is 1. The van der Waals surface area contributed by atoms with Gasteiger partial charge in [-0.1, -0.05) is 13.0 Å². The molecule has 2 rings (SSSR count). The Bertz CT molecular complexity index is 431. The van der Waals surface area contributed by atoms with Gasteiger partial charge < -0.3 is 10.2 Å². The van der Waals surface area contributed by atoms with Gasteiger partial charge in [0.1, 0.15) is 0 Å². The van der Waals surface area contributed by atoms with Gasteiger partial charge in [-0.3, -0.25) is 4.90 Å². The summed E-state index contributed by atoms with van der Waals surface area (Å²) < 4.78 is 0. The van der Waals surface area contributed by atoms with Gasteiger partial charge in [-0.2, -0.15) is 0 Å². The van der Waals surface area contributed by atoms with E-state index >= 15 is 0 Å². The van der Waals surface area contributed by atoms with E-state index in [4.69, 9.17) is 5.11 Å². The number of aromatic carboxylic acids is 1. The summed E-state index contributed by atoms with van der Waals surface area (Å²) in [6.45, 7) is 4.13. The van der Waals surface area contributed by atoms with Crippen LogP contribution in [0.5, 0.6) is 0 Å². The van der Waals surface area contributed by atoms with Crippen LogP contribution in [-0.4, -0.2) is 33.7 Å². The third-order valence-corrected chi connectivity index (χ3v) is 3.18. The molecule has 1 aliphatic heterocycles. The Hall–Kier alpha value is -1.39. The molecule has 1 aromatic rings. The zero-order valence-electron chi connectivity index (χ0n) is 9.89. The highest BCUT2D eigenvalue weighted by atomic mass is 16.4. The zero-order valence-corrected chi connectivity index (χ0v) is 9.89. The van der Waals surface area contributed by atoms with E-state index in [-0.39, 0.29) is 6.10 Å². The minimum Gasteiger partial charge on any atom is -0.478 e. The van der Waals surface area contributed by atoms with Crippen LogP contribution in [0.25, 0.3) is 0 Å². The molecule has 1 aliphatic rings. The second-order valence-electron chi connectivity index (χ2n) is 4.52. The van der Waals surface area contributed by atoms with Crippen LogP contribution in [-0.2, 0) is 13.1 Å². The molecule has 92 valence electrons. The number of carbonyl (C=O) groups is 1. The number of fused-ring (bicyclic) bond motifs is 1. The SMILES string of the molecule is CCC(O)CN1Cc2ccc(C(=O)O)cc2C1. The number of β-amino-alcohol motifs (C(OH)–C–C–N with tert-alkyl or cyclic N) is 1. The Morgan fingerprint density at radius 1 is 1.41 bits per heavy atom. The molecule has 4 heteroatoms. The van der Waals surface area contributed by atoms with Crippen LogP contribution in [0.1, 0.15) is 34.8 Å². The lowest BCUT2D eigenvalue weighted by Gasteiger charge is -2.17. The molecular formula is C13H17NO3. The third kappa shape index (κ3) is 2.65. The predicted molar refractivity (Wildman–Crippen MR) is 63.8 cm³/mol. The fraction of sp³-hybridized carbons (Fsp3) is 0.462. The van der Waals surface area contributed by atoms with E-state index in [0.717, 1.165) is 25.1 Å². The Labute approximate surface area is 100 Å². The number of benzene rings is 1. The lowest BCUT2D eigenvalue weighted by atomic mass is 10.1. The summed E-state index contributed by atoms with van der Waals surface area (Å²) in [5.41, 5.74) is 2.56. The number of hydrogen-bond acceptors (Lipinski definition) is 3. The molecule has 0 fully saturated rings. The normalized spacial score (nSPS) is 16.8. The monoisotopic (exact) mass is 235 g/mol. The van der Waals surface area contributed by atoms with Crippen molar-refractivity contribution >= 4 is 5.97 Å². The predicted octanol–water partition coefficient (Wildman–Crippen LogP) is 1.47. The number of aliphatic hydroxyl groups is 1. The molecule has 0 bridgehead atoms. The quantitative estimate of drug-likeness (QED) is 0.829. The summed E-state index contributed by atoms with van der Waals surface area (Å²) in [6.07, 6.45) is 0.441. The van der Waals surface area contributed by atoms with Crippen LogP contribution in [0.4, 0.5) is 0 Å². The van der Waals surface area contributed by atoms with Crippen LogP contribution in [0, 0.1) is 0 Å². The molecule has 1 atom stereocenters. The van der Waals surface area contributed by atoms with Gasteiger partial charge in [-0.05, 0) is 29.7 Å². The average Bonchev–Trinajstić information content (AvgIpc) is 2.69. The second-order valence-corrected chi connectivity index (χ2v) is 4.52. The van der Waals surface area contributed by atoms with E-state index in [1.54, 1.807) is 12.1 Å². The number of hydrogen-bond donors (Lipinski definition) is 2. The van der Waals surface area contributed by atoms with E-state index in [1.165, 1.54) is 5.56 Å². The van der Waals surface area contributed by atoms with Crippen molar-refractivity contribution in [2.75, 3.05) is 6.54 Å². The van der Waals surface area contributed by atoms with Crippen LogP contribution in [0.15, 0.2) is 18.2 Å². The van der Waals surface area contributed by atoms with Gasteiger partial charge in [0, 0.05) is 19.6 Å². The van der Waals surface area contributed by atoms with Crippen LogP contribution in [0.3, 0.4) is 0 Å². The Kier molecular flexibility index (Phi) is 3.45. The molecule has 1 aromatic carbocycles. The van der Waals surface area contributed by atoms with Gasteiger partial charge in [0.2, 0.25) is 0 Å². The first-order valence-corrected chi connectivity index (χ1v) is 5.85. The van der Waals surface area contributed by atoms with Crippen LogP contribution < -0.4 is 0 Å². The Morgan fingerprint density at radius 2 is 2.12 bits per heavy atom. The van der Waals surface area contributed by atoms with Crippen molar-refractivity contribution in [2.24, 2.45) is 0 Å². The smallest absolute Gasteiger partial charge is 0.335 e. The van der Waals surface area contributed by atoms with Gasteiger partial charge in [0.25, 0.3) is 0 Å². The molecule has 2 N–H and O–H groups in total. The second kappa shape index (κ2) is 4.85. The summed E-state index contributed by atoms with van der Waals surface area (Å²) >= 11 is 0. The average molecular weight is 235 g/mol. The Balaban J connectivity index is 2.08. The molecule has 1 unspecified atom stereocenters. The first kappa shape index (κ1) is 12.1. The summed E-state index contributed by atoms with van der Waals surface area (Å²) in [7, 11) is 0. The highest BCUT2D eigenvalue weighted by molar-refractivity contribution is 5.87. The first-order valence-electron chi connectivity index (χ1n) is 5.85. The molecule has 4 nitrogen and oxygen atoms in total. The number of rotatable bonds is 4. The van der Waals surface area contributed by atoms with Crippen molar-refractivity contribution < 1.29 is 15.0 Å². The van der Waals surface area contributed by atoms with Gasteiger partial charge in [0.15, 0.2) is 0 Å².